The fourth-order valence-corrected chi connectivity index (χ4v) is 6.37. The number of para-hydroxylation sites is 2. The molecule has 0 aliphatic carbocycles. The van der Waals surface area contributed by atoms with Gasteiger partial charge in [0, 0.05) is 42.9 Å². The van der Waals surface area contributed by atoms with E-state index in [-0.39, 0.29) is 35.9 Å². The van der Waals surface area contributed by atoms with Crippen molar-refractivity contribution in [2.75, 3.05) is 27.4 Å². The Bertz CT molecular complexity index is 2220. The maximum absolute atomic E-state index is 12.6. The van der Waals surface area contributed by atoms with Crippen LogP contribution in [0.15, 0.2) is 95.5 Å². The molecule has 0 spiro atoms. The average molecular weight is 767 g/mol. The first-order valence-corrected chi connectivity index (χ1v) is 16.9. The number of carbonyl (C=O) groups excluding carboxylic acids is 2. The Kier molecular flexibility index (Phi) is 12.1. The lowest BCUT2D eigenvalue weighted by atomic mass is 10.1. The monoisotopic (exact) mass is 764 g/mol. The summed E-state index contributed by atoms with van der Waals surface area (Å²) in [7, 11) is 3.23. The van der Waals surface area contributed by atoms with Gasteiger partial charge in [0.2, 0.25) is 11.2 Å². The number of aromatic nitrogens is 4. The third kappa shape index (κ3) is 7.98. The van der Waals surface area contributed by atoms with Gasteiger partial charge < -0.3 is 27.7 Å². The highest BCUT2D eigenvalue weighted by atomic mass is 79.9. The Balaban J connectivity index is 0.000000191. The molecule has 0 saturated heterocycles. The Morgan fingerprint density at radius 2 is 1.04 bits per heavy atom. The van der Waals surface area contributed by atoms with Gasteiger partial charge in [0.25, 0.3) is 0 Å². The minimum atomic E-state index is -0.0585. The van der Waals surface area contributed by atoms with Crippen molar-refractivity contribution in [1.82, 2.24) is 18.3 Å². The Morgan fingerprint density at radius 3 is 1.47 bits per heavy atom. The summed E-state index contributed by atoms with van der Waals surface area (Å²) >= 11 is 16.1. The smallest absolute Gasteiger partial charge is 0.203 e. The number of ketones is 2. The average Bonchev–Trinajstić information content (AvgIpc) is 3.53. The van der Waals surface area contributed by atoms with Crippen molar-refractivity contribution >= 4 is 72.8 Å². The van der Waals surface area contributed by atoms with Crippen LogP contribution >= 0.6 is 39.1 Å². The SMILES string of the molecule is COCCn1c(=N)n(CC(=O)c2ccc(Br)cc2)c2cccc(Cl)c21.COCCn1c(=N)n(CC(=O)c2ccccc2)c2cccc(Cl)c21. The molecule has 49 heavy (non-hydrogen) atoms. The van der Waals surface area contributed by atoms with Crippen LogP contribution in [0.4, 0.5) is 0 Å². The van der Waals surface area contributed by atoms with E-state index >= 15 is 0 Å². The molecular weight excluding hydrogens is 731 g/mol. The van der Waals surface area contributed by atoms with Crippen molar-refractivity contribution in [2.45, 2.75) is 26.2 Å². The number of fused-ring (bicyclic) bond motifs is 2. The van der Waals surface area contributed by atoms with Crippen molar-refractivity contribution in [3.8, 4) is 0 Å². The van der Waals surface area contributed by atoms with Crippen molar-refractivity contribution in [3.63, 3.8) is 0 Å². The second-order valence-corrected chi connectivity index (χ2v) is 12.8. The van der Waals surface area contributed by atoms with E-state index in [1.807, 2.05) is 54.6 Å². The molecule has 2 heterocycles. The summed E-state index contributed by atoms with van der Waals surface area (Å²) in [5, 5.41) is 18.1. The molecule has 0 aliphatic heterocycles. The predicted octanol–water partition coefficient (Wildman–Crippen LogP) is 6.97. The number of hydrogen-bond donors (Lipinski definition) is 2. The summed E-state index contributed by atoms with van der Waals surface area (Å²) in [5.41, 5.74) is 4.73. The molecule has 4 aromatic carbocycles. The molecule has 0 atom stereocenters. The third-order valence-electron chi connectivity index (χ3n) is 7.98. The van der Waals surface area contributed by atoms with E-state index in [0.29, 0.717) is 47.5 Å². The van der Waals surface area contributed by atoms with E-state index in [1.54, 1.807) is 68.9 Å². The second kappa shape index (κ2) is 16.4. The van der Waals surface area contributed by atoms with Gasteiger partial charge in [0.05, 0.1) is 58.4 Å². The van der Waals surface area contributed by atoms with Gasteiger partial charge in [-0.2, -0.15) is 0 Å². The molecule has 6 aromatic rings. The summed E-state index contributed by atoms with van der Waals surface area (Å²) < 4.78 is 18.1. The molecule has 0 aliphatic rings. The fraction of sp³-hybridized carbons (Fsp3) is 0.222. The fourth-order valence-electron chi connectivity index (χ4n) is 5.56. The number of rotatable bonds is 12. The predicted molar refractivity (Wildman–Crippen MR) is 195 cm³/mol. The van der Waals surface area contributed by atoms with Gasteiger partial charge in [-0.05, 0) is 36.4 Å². The van der Waals surface area contributed by atoms with Crippen LogP contribution in [0, 0.1) is 10.8 Å². The highest BCUT2D eigenvalue weighted by molar-refractivity contribution is 9.10. The molecular formula is C36H35BrCl2N6O4. The van der Waals surface area contributed by atoms with Crippen LogP contribution in [0.5, 0.6) is 0 Å². The molecule has 2 N–H and O–H groups in total. The molecule has 0 unspecified atom stereocenters. The highest BCUT2D eigenvalue weighted by Gasteiger charge is 2.18. The van der Waals surface area contributed by atoms with Gasteiger partial charge in [-0.3, -0.25) is 20.4 Å². The van der Waals surface area contributed by atoms with Crippen molar-refractivity contribution in [3.05, 3.63) is 128 Å². The van der Waals surface area contributed by atoms with Crippen LogP contribution in [-0.2, 0) is 35.7 Å². The van der Waals surface area contributed by atoms with Gasteiger partial charge >= 0.3 is 0 Å². The first-order valence-electron chi connectivity index (χ1n) is 15.3. The molecule has 2 aromatic heterocycles. The van der Waals surface area contributed by atoms with E-state index in [1.165, 1.54) is 0 Å². The number of hydrogen-bond acceptors (Lipinski definition) is 6. The lowest BCUT2D eigenvalue weighted by Crippen LogP contribution is -2.28. The standard InChI is InChI=1S/C18H17BrClN3O2.C18H18ClN3O2/c1-25-10-9-22-17-14(20)3-2-4-15(17)23(18(22)21)11-16(24)12-5-7-13(19)8-6-12;1-24-11-10-21-17-14(19)8-5-9-15(17)22(18(21)20)12-16(23)13-6-3-2-4-7-13/h2-8,21H,9-11H2,1H3;2-9,20H,10-12H2,1H3. The zero-order valence-corrected chi connectivity index (χ0v) is 30.1. The maximum Gasteiger partial charge on any atom is 0.203 e. The second-order valence-electron chi connectivity index (χ2n) is 11.0. The number of ether oxygens (including phenoxy) is 2. The van der Waals surface area contributed by atoms with E-state index in [2.05, 4.69) is 15.9 Å². The van der Waals surface area contributed by atoms with Gasteiger partial charge in [-0.1, -0.05) is 93.7 Å². The number of imidazole rings is 2. The van der Waals surface area contributed by atoms with Gasteiger partial charge in [-0.15, -0.1) is 0 Å². The summed E-state index contributed by atoms with van der Waals surface area (Å²) in [5.74, 6) is -0.100. The molecule has 13 heteroatoms. The third-order valence-corrected chi connectivity index (χ3v) is 9.12. The van der Waals surface area contributed by atoms with Crippen molar-refractivity contribution in [1.29, 1.82) is 10.8 Å². The number of halogens is 3. The van der Waals surface area contributed by atoms with Crippen LogP contribution in [0.3, 0.4) is 0 Å². The molecule has 0 radical (unpaired) electrons. The largest absolute Gasteiger partial charge is 0.383 e. The molecule has 254 valence electrons. The van der Waals surface area contributed by atoms with E-state index in [4.69, 9.17) is 43.5 Å². The Hall–Kier alpha value is -4.26. The number of methoxy groups -OCH3 is 2. The van der Waals surface area contributed by atoms with Crippen LogP contribution in [0.25, 0.3) is 22.1 Å². The molecule has 0 bridgehead atoms. The zero-order chi connectivity index (χ0) is 35.1. The van der Waals surface area contributed by atoms with Crippen LogP contribution in [-0.4, -0.2) is 57.3 Å². The van der Waals surface area contributed by atoms with Gasteiger partial charge in [0.15, 0.2) is 11.6 Å². The molecule has 0 saturated carbocycles. The van der Waals surface area contributed by atoms with Crippen LogP contribution < -0.4 is 11.2 Å². The summed E-state index contributed by atoms with van der Waals surface area (Å²) in [6, 6.07) is 27.3. The minimum Gasteiger partial charge on any atom is -0.383 e. The normalized spacial score (nSPS) is 11.1. The number of nitrogens with one attached hydrogen (secondary N) is 2. The molecule has 0 amide bonds. The van der Waals surface area contributed by atoms with Crippen molar-refractivity contribution < 1.29 is 19.1 Å². The van der Waals surface area contributed by atoms with E-state index in [0.717, 1.165) is 26.5 Å². The molecule has 0 fully saturated rings. The number of nitrogens with zero attached hydrogens (tertiary/aromatic N) is 4. The van der Waals surface area contributed by atoms with Crippen LogP contribution in [0.1, 0.15) is 20.7 Å². The summed E-state index contributed by atoms with van der Waals surface area (Å²) in [4.78, 5) is 25.2. The summed E-state index contributed by atoms with van der Waals surface area (Å²) in [6.07, 6.45) is 0. The van der Waals surface area contributed by atoms with Crippen LogP contribution in [0.2, 0.25) is 10.0 Å². The first kappa shape index (κ1) is 36.0. The number of benzene rings is 4. The first-order chi connectivity index (χ1) is 23.7. The Labute approximate surface area is 301 Å². The molecule has 6 rings (SSSR count). The Morgan fingerprint density at radius 1 is 0.612 bits per heavy atom. The minimum absolute atomic E-state index is 0.0418. The number of carbonyl (C=O) groups is 2. The van der Waals surface area contributed by atoms with E-state index < -0.39 is 0 Å². The summed E-state index contributed by atoms with van der Waals surface area (Å²) in [6.45, 7) is 2.10. The zero-order valence-electron chi connectivity index (χ0n) is 27.0. The van der Waals surface area contributed by atoms with Gasteiger partial charge in [0.1, 0.15) is 0 Å². The van der Waals surface area contributed by atoms with Gasteiger partial charge in [-0.25, -0.2) is 0 Å². The quantitative estimate of drug-likeness (QED) is 0.131. The van der Waals surface area contributed by atoms with Crippen molar-refractivity contribution in [2.24, 2.45) is 0 Å². The highest BCUT2D eigenvalue weighted by Crippen LogP contribution is 2.24. The number of Topliss-reactive ketones (excluding diaryl/α,β-unsaturated/α-hetero) is 2. The molecule has 10 nitrogen and oxygen atoms in total. The lowest BCUT2D eigenvalue weighted by molar-refractivity contribution is 0.0963. The van der Waals surface area contributed by atoms with E-state index in [9.17, 15) is 9.59 Å². The maximum atomic E-state index is 12.6. The lowest BCUT2D eigenvalue weighted by Gasteiger charge is -2.05. The topological polar surface area (TPSA) is 120 Å².